The summed E-state index contributed by atoms with van der Waals surface area (Å²) in [6.07, 6.45) is 0.854. The minimum atomic E-state index is 0.688. The fraction of sp³-hybridized carbons (Fsp3) is 0.364. The van der Waals surface area contributed by atoms with Gasteiger partial charge in [0.15, 0.2) is 0 Å². The number of allylic oxidation sites excluding steroid dienone is 1. The van der Waals surface area contributed by atoms with Crippen molar-refractivity contribution in [1.29, 1.82) is 0 Å². The highest BCUT2D eigenvalue weighted by molar-refractivity contribution is 9.10. The Morgan fingerprint density at radius 3 is 2.59 bits per heavy atom. The van der Waals surface area contributed by atoms with Gasteiger partial charge in [-0.05, 0) is 52.7 Å². The summed E-state index contributed by atoms with van der Waals surface area (Å²) in [6.45, 7) is 10.9. The molecule has 0 radical (unpaired) electrons. The Bertz CT molecular complexity index is 786. The normalized spacial score (nSPS) is 14.2. The summed E-state index contributed by atoms with van der Waals surface area (Å²) < 4.78 is 12.0. The van der Waals surface area contributed by atoms with E-state index >= 15 is 0 Å². The third-order valence-corrected chi connectivity index (χ3v) is 5.50. The van der Waals surface area contributed by atoms with E-state index in [4.69, 9.17) is 9.47 Å². The molecule has 0 amide bonds. The maximum absolute atomic E-state index is 5.60. The third-order valence-electron chi connectivity index (χ3n) is 4.84. The van der Waals surface area contributed by atoms with Crippen molar-refractivity contribution in [3.8, 4) is 11.5 Å². The Balaban J connectivity index is 1.57. The number of halogens is 1. The number of hydrogen-bond donors (Lipinski definition) is 0. The summed E-state index contributed by atoms with van der Waals surface area (Å²) in [5.41, 5.74) is 3.60. The quantitative estimate of drug-likeness (QED) is 0.633. The van der Waals surface area contributed by atoms with E-state index in [-0.39, 0.29) is 0 Å². The molecule has 2 aromatic carbocycles. The van der Waals surface area contributed by atoms with Crippen LogP contribution in [0.25, 0.3) is 0 Å². The van der Waals surface area contributed by atoms with E-state index < -0.39 is 0 Å². The van der Waals surface area contributed by atoms with Gasteiger partial charge in [-0.3, -0.25) is 0 Å². The van der Waals surface area contributed by atoms with Crippen LogP contribution in [-0.2, 0) is 6.42 Å². The molecule has 1 heterocycles. The number of ether oxygens (including phenoxy) is 2. The molecule has 1 fully saturated rings. The first-order valence-electron chi connectivity index (χ1n) is 9.33. The van der Waals surface area contributed by atoms with E-state index in [9.17, 15) is 0 Å². The topological polar surface area (TPSA) is 24.9 Å². The number of hydrogen-bond acceptors (Lipinski definition) is 4. The molecule has 4 nitrogen and oxygen atoms in total. The van der Waals surface area contributed by atoms with Crippen LogP contribution in [0.3, 0.4) is 0 Å². The van der Waals surface area contributed by atoms with Crippen LogP contribution in [0.4, 0.5) is 5.69 Å². The molecule has 27 heavy (non-hydrogen) atoms. The molecular weight excluding hydrogens is 404 g/mol. The molecule has 144 valence electrons. The zero-order chi connectivity index (χ0) is 19.2. The highest BCUT2D eigenvalue weighted by Crippen LogP contribution is 2.30. The molecule has 0 bridgehead atoms. The van der Waals surface area contributed by atoms with Crippen molar-refractivity contribution < 1.29 is 9.47 Å². The summed E-state index contributed by atoms with van der Waals surface area (Å²) in [5.74, 6) is 1.80. The van der Waals surface area contributed by atoms with Crippen LogP contribution in [0, 0.1) is 0 Å². The van der Waals surface area contributed by atoms with Crippen molar-refractivity contribution in [1.82, 2.24) is 4.90 Å². The van der Waals surface area contributed by atoms with Gasteiger partial charge in [0.25, 0.3) is 0 Å². The molecule has 5 heteroatoms. The van der Waals surface area contributed by atoms with Gasteiger partial charge in [-0.25, -0.2) is 0 Å². The molecular formula is C22H27BrN2O2. The molecule has 0 aliphatic carbocycles. The highest BCUT2D eigenvalue weighted by Gasteiger charge is 2.19. The molecule has 0 atom stereocenters. The standard InChI is InChI=1S/C22H27BrN2O2/c1-4-27-20-7-5-6-18(15-20)14-17(2)24-10-12-25(13-11-24)19-8-9-21(23)22(16-19)26-3/h5-9,15-16H,2,4,10-14H2,1,3H3. The molecule has 3 rings (SSSR count). The lowest BCUT2D eigenvalue weighted by Crippen LogP contribution is -2.46. The lowest BCUT2D eigenvalue weighted by atomic mass is 10.1. The monoisotopic (exact) mass is 430 g/mol. The van der Waals surface area contributed by atoms with Crippen molar-refractivity contribution in [2.75, 3.05) is 44.8 Å². The van der Waals surface area contributed by atoms with Gasteiger partial charge in [-0.1, -0.05) is 18.7 Å². The number of nitrogens with zero attached hydrogens (tertiary/aromatic N) is 2. The fourth-order valence-corrected chi connectivity index (χ4v) is 3.79. The largest absolute Gasteiger partial charge is 0.495 e. The Morgan fingerprint density at radius 2 is 1.89 bits per heavy atom. The first-order valence-corrected chi connectivity index (χ1v) is 10.1. The summed E-state index contributed by atoms with van der Waals surface area (Å²) in [5, 5.41) is 0. The number of piperazine rings is 1. The summed E-state index contributed by atoms with van der Waals surface area (Å²) >= 11 is 3.52. The number of benzene rings is 2. The summed E-state index contributed by atoms with van der Waals surface area (Å²) in [4.78, 5) is 4.79. The van der Waals surface area contributed by atoms with Gasteiger partial charge in [0.2, 0.25) is 0 Å². The fourth-order valence-electron chi connectivity index (χ4n) is 3.39. The molecule has 0 saturated carbocycles. The van der Waals surface area contributed by atoms with Crippen molar-refractivity contribution >= 4 is 21.6 Å². The van der Waals surface area contributed by atoms with E-state index in [0.29, 0.717) is 6.61 Å². The average molecular weight is 431 g/mol. The van der Waals surface area contributed by atoms with Crippen molar-refractivity contribution in [2.45, 2.75) is 13.3 Å². The summed E-state index contributed by atoms with van der Waals surface area (Å²) in [7, 11) is 1.70. The number of methoxy groups -OCH3 is 1. The van der Waals surface area contributed by atoms with Crippen molar-refractivity contribution in [3.63, 3.8) is 0 Å². The van der Waals surface area contributed by atoms with Gasteiger partial charge in [-0.2, -0.15) is 0 Å². The van der Waals surface area contributed by atoms with Gasteiger partial charge < -0.3 is 19.3 Å². The van der Waals surface area contributed by atoms with Gasteiger partial charge in [0, 0.05) is 50.1 Å². The van der Waals surface area contributed by atoms with Crippen molar-refractivity contribution in [3.05, 3.63) is 64.8 Å². The minimum absolute atomic E-state index is 0.688. The van der Waals surface area contributed by atoms with Crippen molar-refractivity contribution in [2.24, 2.45) is 0 Å². The van der Waals surface area contributed by atoms with Gasteiger partial charge in [0.1, 0.15) is 11.5 Å². The predicted octanol–water partition coefficient (Wildman–Crippen LogP) is 4.73. The SMILES string of the molecule is C=C(Cc1cccc(OCC)c1)N1CCN(c2ccc(Br)c(OC)c2)CC1. The maximum atomic E-state index is 5.60. The van der Waals surface area contributed by atoms with Gasteiger partial charge in [-0.15, -0.1) is 0 Å². The molecule has 1 aliphatic rings. The second-order valence-electron chi connectivity index (χ2n) is 6.62. The molecule has 1 aliphatic heterocycles. The zero-order valence-corrected chi connectivity index (χ0v) is 17.7. The average Bonchev–Trinajstić information content (AvgIpc) is 2.69. The molecule has 2 aromatic rings. The van der Waals surface area contributed by atoms with Crippen LogP contribution in [0.5, 0.6) is 11.5 Å². The van der Waals surface area contributed by atoms with E-state index in [1.54, 1.807) is 7.11 Å². The van der Waals surface area contributed by atoms with Gasteiger partial charge >= 0.3 is 0 Å². The molecule has 0 aromatic heterocycles. The second kappa shape index (κ2) is 9.18. The van der Waals surface area contributed by atoms with Crippen LogP contribution >= 0.6 is 15.9 Å². The first kappa shape index (κ1) is 19.6. The highest BCUT2D eigenvalue weighted by atomic mass is 79.9. The van der Waals surface area contributed by atoms with Crippen LogP contribution in [-0.4, -0.2) is 44.8 Å². The Hall–Kier alpha value is -2.14. The maximum Gasteiger partial charge on any atom is 0.135 e. The lowest BCUT2D eigenvalue weighted by molar-refractivity contribution is 0.316. The predicted molar refractivity (Wildman–Crippen MR) is 115 cm³/mol. The van der Waals surface area contributed by atoms with E-state index in [2.05, 4.69) is 56.6 Å². The zero-order valence-electron chi connectivity index (χ0n) is 16.1. The molecule has 1 saturated heterocycles. The van der Waals surface area contributed by atoms with E-state index in [1.807, 2.05) is 25.1 Å². The molecule has 0 spiro atoms. The lowest BCUT2D eigenvalue weighted by Gasteiger charge is -2.38. The smallest absolute Gasteiger partial charge is 0.135 e. The minimum Gasteiger partial charge on any atom is -0.495 e. The molecule has 0 unspecified atom stereocenters. The molecule has 0 N–H and O–H groups in total. The van der Waals surface area contributed by atoms with Crippen LogP contribution in [0.1, 0.15) is 12.5 Å². The number of rotatable bonds is 7. The summed E-state index contributed by atoms with van der Waals surface area (Å²) in [6, 6.07) is 14.6. The number of anilines is 1. The third kappa shape index (κ3) is 4.98. The second-order valence-corrected chi connectivity index (χ2v) is 7.47. The Labute approximate surface area is 170 Å². The van der Waals surface area contributed by atoms with Crippen LogP contribution in [0.2, 0.25) is 0 Å². The van der Waals surface area contributed by atoms with Crippen LogP contribution < -0.4 is 14.4 Å². The van der Waals surface area contributed by atoms with Crippen LogP contribution in [0.15, 0.2) is 59.2 Å². The Morgan fingerprint density at radius 1 is 1.11 bits per heavy atom. The van der Waals surface area contributed by atoms with Gasteiger partial charge in [0.05, 0.1) is 18.2 Å². The first-order chi connectivity index (χ1) is 13.1. The van der Waals surface area contributed by atoms with E-state index in [1.165, 1.54) is 11.3 Å². The van der Waals surface area contributed by atoms with E-state index in [0.717, 1.165) is 54.3 Å². The Kier molecular flexibility index (Phi) is 6.67.